The molecule has 0 aliphatic heterocycles. The molecule has 1 aromatic carbocycles. The average molecular weight is 287 g/mol. The van der Waals surface area contributed by atoms with Gasteiger partial charge in [0.15, 0.2) is 6.61 Å². The van der Waals surface area contributed by atoms with E-state index < -0.39 is 24.5 Å². The van der Waals surface area contributed by atoms with E-state index in [1.54, 1.807) is 6.07 Å². The number of hydrogen-bond donors (Lipinski definition) is 2. The molecule has 0 atom stereocenters. The van der Waals surface area contributed by atoms with Crippen molar-refractivity contribution < 1.29 is 19.1 Å². The summed E-state index contributed by atoms with van der Waals surface area (Å²) in [5, 5.41) is 13.4. The molecular formula is C14H13N3O4. The molecule has 0 radical (unpaired) electrons. The van der Waals surface area contributed by atoms with Crippen molar-refractivity contribution in [2.45, 2.75) is 18.9 Å². The van der Waals surface area contributed by atoms with Crippen LogP contribution in [0.4, 0.5) is 4.79 Å². The SMILES string of the molecule is N#Cc1cccc(C(=O)OCC(=O)NC(=O)NC2CC2)c1. The van der Waals surface area contributed by atoms with E-state index in [1.807, 2.05) is 6.07 Å². The maximum absolute atomic E-state index is 11.7. The summed E-state index contributed by atoms with van der Waals surface area (Å²) in [6, 6.07) is 7.36. The van der Waals surface area contributed by atoms with Gasteiger partial charge in [-0.1, -0.05) is 6.07 Å². The van der Waals surface area contributed by atoms with Gasteiger partial charge in [0.25, 0.3) is 5.91 Å². The Morgan fingerprint density at radius 1 is 1.33 bits per heavy atom. The van der Waals surface area contributed by atoms with E-state index in [1.165, 1.54) is 18.2 Å². The summed E-state index contributed by atoms with van der Waals surface area (Å²) in [5.41, 5.74) is 0.488. The Morgan fingerprint density at radius 3 is 2.76 bits per heavy atom. The Balaban J connectivity index is 1.78. The number of amides is 3. The third-order valence-corrected chi connectivity index (χ3v) is 2.73. The van der Waals surface area contributed by atoms with Gasteiger partial charge >= 0.3 is 12.0 Å². The predicted octanol–water partition coefficient (Wildman–Crippen LogP) is 0.703. The largest absolute Gasteiger partial charge is 0.452 e. The third kappa shape index (κ3) is 4.62. The van der Waals surface area contributed by atoms with Gasteiger partial charge in [0.05, 0.1) is 17.2 Å². The van der Waals surface area contributed by atoms with Gasteiger partial charge < -0.3 is 10.1 Å². The van der Waals surface area contributed by atoms with Gasteiger partial charge in [-0.2, -0.15) is 5.26 Å². The molecular weight excluding hydrogens is 274 g/mol. The zero-order valence-electron chi connectivity index (χ0n) is 11.1. The summed E-state index contributed by atoms with van der Waals surface area (Å²) in [6.07, 6.45) is 1.82. The molecule has 1 fully saturated rings. The lowest BCUT2D eigenvalue weighted by Crippen LogP contribution is -2.42. The molecule has 3 amide bonds. The molecule has 21 heavy (non-hydrogen) atoms. The molecule has 0 bridgehead atoms. The number of esters is 1. The van der Waals surface area contributed by atoms with Crippen molar-refractivity contribution in [1.82, 2.24) is 10.6 Å². The van der Waals surface area contributed by atoms with Gasteiger partial charge in [-0.3, -0.25) is 10.1 Å². The minimum absolute atomic E-state index is 0.133. The van der Waals surface area contributed by atoms with Crippen LogP contribution in [0.2, 0.25) is 0 Å². The molecule has 0 aromatic heterocycles. The van der Waals surface area contributed by atoms with E-state index in [-0.39, 0.29) is 11.6 Å². The minimum Gasteiger partial charge on any atom is -0.452 e. The van der Waals surface area contributed by atoms with Crippen LogP contribution in [-0.2, 0) is 9.53 Å². The Kier molecular flexibility index (Phi) is 4.51. The minimum atomic E-state index is -0.732. The van der Waals surface area contributed by atoms with E-state index in [4.69, 9.17) is 10.00 Å². The number of urea groups is 1. The monoisotopic (exact) mass is 287 g/mol. The van der Waals surface area contributed by atoms with Crippen LogP contribution < -0.4 is 10.6 Å². The number of rotatable bonds is 4. The first kappa shape index (κ1) is 14.5. The maximum Gasteiger partial charge on any atom is 0.338 e. The molecule has 0 saturated heterocycles. The average Bonchev–Trinajstić information content (AvgIpc) is 3.28. The molecule has 7 nitrogen and oxygen atoms in total. The fourth-order valence-corrected chi connectivity index (χ4v) is 1.54. The van der Waals surface area contributed by atoms with E-state index in [0.717, 1.165) is 12.8 Å². The second kappa shape index (κ2) is 6.52. The Hall–Kier alpha value is -2.88. The Morgan fingerprint density at radius 2 is 2.10 bits per heavy atom. The highest BCUT2D eigenvalue weighted by Crippen LogP contribution is 2.18. The quantitative estimate of drug-likeness (QED) is 0.792. The number of nitriles is 1. The smallest absolute Gasteiger partial charge is 0.338 e. The van der Waals surface area contributed by atoms with Gasteiger partial charge in [-0.15, -0.1) is 0 Å². The van der Waals surface area contributed by atoms with Crippen LogP contribution in [-0.4, -0.2) is 30.6 Å². The highest BCUT2D eigenvalue weighted by molar-refractivity contribution is 5.97. The van der Waals surface area contributed by atoms with Crippen molar-refractivity contribution in [3.63, 3.8) is 0 Å². The first-order valence-electron chi connectivity index (χ1n) is 6.36. The highest BCUT2D eigenvalue weighted by Gasteiger charge is 2.24. The van der Waals surface area contributed by atoms with Gasteiger partial charge in [-0.05, 0) is 31.0 Å². The Bertz CT molecular complexity index is 617. The number of ether oxygens (including phenoxy) is 1. The van der Waals surface area contributed by atoms with Crippen LogP contribution in [0, 0.1) is 11.3 Å². The van der Waals surface area contributed by atoms with Crippen LogP contribution in [0.5, 0.6) is 0 Å². The summed E-state index contributed by atoms with van der Waals surface area (Å²) >= 11 is 0. The second-order valence-electron chi connectivity index (χ2n) is 4.56. The van der Waals surface area contributed by atoms with Gasteiger partial charge in [0.2, 0.25) is 0 Å². The van der Waals surface area contributed by atoms with Gasteiger partial charge in [-0.25, -0.2) is 9.59 Å². The van der Waals surface area contributed by atoms with E-state index in [2.05, 4.69) is 10.6 Å². The molecule has 1 saturated carbocycles. The number of carbonyl (C=O) groups is 3. The lowest BCUT2D eigenvalue weighted by atomic mass is 10.1. The fraction of sp³-hybridized carbons (Fsp3) is 0.286. The van der Waals surface area contributed by atoms with Crippen LogP contribution >= 0.6 is 0 Å². The van der Waals surface area contributed by atoms with Crippen LogP contribution in [0.3, 0.4) is 0 Å². The number of imide groups is 1. The summed E-state index contributed by atoms with van der Waals surface area (Å²) in [7, 11) is 0. The summed E-state index contributed by atoms with van der Waals surface area (Å²) in [6.45, 7) is -0.562. The first-order valence-corrected chi connectivity index (χ1v) is 6.36. The number of carbonyl (C=O) groups excluding carboxylic acids is 3. The summed E-state index contributed by atoms with van der Waals surface area (Å²) < 4.78 is 4.77. The molecule has 2 N–H and O–H groups in total. The highest BCUT2D eigenvalue weighted by atomic mass is 16.5. The van der Waals surface area contributed by atoms with E-state index in [0.29, 0.717) is 5.56 Å². The molecule has 1 aliphatic rings. The molecule has 2 rings (SSSR count). The normalized spacial score (nSPS) is 12.9. The van der Waals surface area contributed by atoms with Crippen molar-refractivity contribution in [1.29, 1.82) is 5.26 Å². The molecule has 108 valence electrons. The maximum atomic E-state index is 11.7. The fourth-order valence-electron chi connectivity index (χ4n) is 1.54. The molecule has 0 unspecified atom stereocenters. The lowest BCUT2D eigenvalue weighted by molar-refractivity contribution is -0.123. The molecule has 0 spiro atoms. The summed E-state index contributed by atoms with van der Waals surface area (Å²) in [4.78, 5) is 34.4. The number of benzene rings is 1. The van der Waals surface area contributed by atoms with Crippen LogP contribution in [0.15, 0.2) is 24.3 Å². The standard InChI is InChI=1S/C14H13N3O4/c15-7-9-2-1-3-10(6-9)13(19)21-8-12(18)17-14(20)16-11-4-5-11/h1-3,6,11H,4-5,8H2,(H2,16,17,18,20). The number of nitrogens with one attached hydrogen (secondary N) is 2. The van der Waals surface area contributed by atoms with Crippen molar-refractivity contribution in [2.24, 2.45) is 0 Å². The third-order valence-electron chi connectivity index (χ3n) is 2.73. The molecule has 1 aliphatic carbocycles. The molecule has 1 aromatic rings. The summed E-state index contributed by atoms with van der Waals surface area (Å²) in [5.74, 6) is -1.44. The second-order valence-corrected chi connectivity index (χ2v) is 4.56. The Labute approximate surface area is 120 Å². The zero-order chi connectivity index (χ0) is 15.2. The molecule has 7 heteroatoms. The van der Waals surface area contributed by atoms with Crippen LogP contribution in [0.25, 0.3) is 0 Å². The van der Waals surface area contributed by atoms with Crippen molar-refractivity contribution in [2.75, 3.05) is 6.61 Å². The predicted molar refractivity (Wildman–Crippen MR) is 71.1 cm³/mol. The van der Waals surface area contributed by atoms with Crippen molar-refractivity contribution in [3.8, 4) is 6.07 Å². The van der Waals surface area contributed by atoms with Crippen molar-refractivity contribution in [3.05, 3.63) is 35.4 Å². The number of nitrogens with zero attached hydrogens (tertiary/aromatic N) is 1. The first-order chi connectivity index (χ1) is 10.1. The van der Waals surface area contributed by atoms with Gasteiger partial charge in [0, 0.05) is 6.04 Å². The lowest BCUT2D eigenvalue weighted by Gasteiger charge is -2.06. The van der Waals surface area contributed by atoms with Gasteiger partial charge in [0.1, 0.15) is 0 Å². The topological polar surface area (TPSA) is 108 Å². The zero-order valence-corrected chi connectivity index (χ0v) is 11.1. The number of hydrogen-bond acceptors (Lipinski definition) is 5. The van der Waals surface area contributed by atoms with E-state index in [9.17, 15) is 14.4 Å². The van der Waals surface area contributed by atoms with E-state index >= 15 is 0 Å². The molecule has 0 heterocycles. The van der Waals surface area contributed by atoms with Crippen LogP contribution in [0.1, 0.15) is 28.8 Å². The van der Waals surface area contributed by atoms with Crippen molar-refractivity contribution >= 4 is 17.9 Å².